The van der Waals surface area contributed by atoms with E-state index in [1.165, 1.54) is 263 Å². The number of rotatable bonds is 2. The van der Waals surface area contributed by atoms with E-state index in [4.69, 9.17) is 4.42 Å². The lowest BCUT2D eigenvalue weighted by molar-refractivity contribution is 0.590. The average molecular weight is 1760 g/mol. The van der Waals surface area contributed by atoms with E-state index in [1.54, 1.807) is 0 Å². The highest BCUT2D eigenvalue weighted by Crippen LogP contribution is 2.54. The number of nitrogens with zero attached hydrogens (tertiary/aromatic N) is 6. The molecule has 0 spiro atoms. The van der Waals surface area contributed by atoms with E-state index in [1.807, 2.05) is 0 Å². The third kappa shape index (κ3) is 12.0. The minimum atomic E-state index is -0.0144. The molecule has 0 aliphatic carbocycles. The van der Waals surface area contributed by atoms with Crippen molar-refractivity contribution in [3.63, 3.8) is 0 Å². The average Bonchev–Trinajstić information content (AvgIpc) is 1.52. The maximum Gasteiger partial charge on any atom is 0.145 e. The van der Waals surface area contributed by atoms with Gasteiger partial charge in [0.1, 0.15) is 11.2 Å². The number of benzene rings is 16. The van der Waals surface area contributed by atoms with Gasteiger partial charge in [-0.3, -0.25) is 0 Å². The Labute approximate surface area is 788 Å². The van der Waals surface area contributed by atoms with Crippen molar-refractivity contribution in [3.8, 4) is 11.4 Å². The summed E-state index contributed by atoms with van der Waals surface area (Å²) in [5, 5.41) is 28.4. The highest BCUT2D eigenvalue weighted by atomic mass is 16.3. The normalized spacial score (nSPS) is 13.6. The quantitative estimate of drug-likeness (QED) is 0.170. The molecule has 0 fully saturated rings. The van der Waals surface area contributed by atoms with Crippen molar-refractivity contribution < 1.29 is 4.42 Å². The van der Waals surface area contributed by atoms with Gasteiger partial charge in [0, 0.05) is 119 Å². The molecule has 0 radical (unpaired) electrons. The summed E-state index contributed by atoms with van der Waals surface area (Å²) in [5.74, 6) is 0. The van der Waals surface area contributed by atoms with Crippen LogP contribution in [0.2, 0.25) is 0 Å². The van der Waals surface area contributed by atoms with Crippen LogP contribution >= 0.6 is 0 Å². The molecule has 0 aliphatic heterocycles. The van der Waals surface area contributed by atoms with Crippen LogP contribution in [0, 0.1) is 0 Å². The third-order valence-corrected chi connectivity index (χ3v) is 30.9. The fourth-order valence-corrected chi connectivity index (χ4v) is 23.3. The molecular formula is C128H118N6O. The van der Waals surface area contributed by atoms with Crippen LogP contribution in [0.5, 0.6) is 0 Å². The number of hydrogen-bond acceptors (Lipinski definition) is 1. The number of furan rings is 1. The molecular weight excluding hydrogens is 1640 g/mol. The topological polar surface area (TPSA) is 40.6 Å². The zero-order valence-electron chi connectivity index (χ0n) is 82.6. The first-order valence-corrected chi connectivity index (χ1v) is 48.9. The highest BCUT2D eigenvalue weighted by Gasteiger charge is 2.34. The first-order chi connectivity index (χ1) is 64.0. The van der Waals surface area contributed by atoms with Gasteiger partial charge in [0.15, 0.2) is 0 Å². The summed E-state index contributed by atoms with van der Waals surface area (Å²) in [4.78, 5) is 0. The molecule has 666 valence electrons. The summed E-state index contributed by atoms with van der Waals surface area (Å²) >= 11 is 0. The lowest BCUT2D eigenvalue weighted by Crippen LogP contribution is -2.11. The van der Waals surface area contributed by atoms with Crippen molar-refractivity contribution in [2.45, 2.75) is 209 Å². The molecule has 0 N–H and O–H groups in total. The van der Waals surface area contributed by atoms with Crippen LogP contribution in [0.3, 0.4) is 0 Å². The monoisotopic (exact) mass is 1750 g/mol. The molecule has 11 heterocycles. The molecule has 0 bridgehead atoms. The highest BCUT2D eigenvalue weighted by molar-refractivity contribution is 6.35. The molecule has 0 saturated heterocycles. The van der Waals surface area contributed by atoms with Crippen LogP contribution in [0.25, 0.3) is 229 Å². The SMILES string of the molecule is CC(C)(C)c1ccc2c(c1)c1cc(C(C)(C)C)cc3c4c5oc6c(ccc7c6c6cc(C(C)(C)C)cc8c9cc(C(C)(C)C)ccc9n7c86)c5ccc4n2c13.CC(C)(C)c1ccc2c(c1)c1cc(C(C)(C)C)ccc1n2-c1cc2c3cc(C(C)(C)C)ccc3n3c4ccc(C(C)(C)C)cc4c(c1)c23.c1ccc2c(c1)c1ccccc1n2-c1cc2c3ccccc3n3c4ccccc4c(c1)c23. The van der Waals surface area contributed by atoms with Crippen molar-refractivity contribution in [2.24, 2.45) is 0 Å². The standard InChI is InChI=1S/C52H50N2O.C46H50N2.C30H18N2/c1-49(2,3)27-13-17-39-33(21-27)35-23-29(51(7,8)9)25-37-43-41(53(39)45(35)37)19-15-31-32-16-20-42-44(48(32)55-47(31)43)38-26-30(52(10,11)12)24-36-34-22-28(50(4,5)6)14-18-40(34)54(42)46(36)38;1-43(2,3)27-13-17-38-32(21-27)33-22-28(44(4,5)6)14-18-39(33)47(38)31-25-36-34-23-29(45(7,8)9)15-19-40(34)48-41-20-16-30(46(10,11)12)24-35(41)37(26-31)42(36)48;1-5-13-26-20(9-1)21-10-2-6-14-27(21)31(26)19-17-24-22-11-3-7-15-28(22)32-29-16-8-4-12-23(29)25(18-19)30(24)32/h13-26H,1-12H3;13-26H,1-12H3;1-18H. The molecule has 0 amide bonds. The van der Waals surface area contributed by atoms with Crippen LogP contribution in [-0.4, -0.2) is 26.7 Å². The predicted molar refractivity (Wildman–Crippen MR) is 584 cm³/mol. The summed E-state index contributed by atoms with van der Waals surface area (Å²) in [6.07, 6.45) is 0. The van der Waals surface area contributed by atoms with Crippen molar-refractivity contribution >= 4 is 218 Å². The first-order valence-electron chi connectivity index (χ1n) is 48.9. The van der Waals surface area contributed by atoms with E-state index in [0.717, 1.165) is 11.2 Å². The van der Waals surface area contributed by atoms with E-state index >= 15 is 0 Å². The largest absolute Gasteiger partial charge is 0.455 e. The molecule has 0 aliphatic rings. The second-order valence-corrected chi connectivity index (χ2v) is 47.9. The summed E-state index contributed by atoms with van der Waals surface area (Å²) in [6.45, 7) is 55.6. The Balaban J connectivity index is 0.000000112. The molecule has 7 nitrogen and oxygen atoms in total. The number of para-hydroxylation sites is 4. The molecule has 7 heteroatoms. The van der Waals surface area contributed by atoms with Crippen LogP contribution in [0.1, 0.15) is 211 Å². The van der Waals surface area contributed by atoms with Gasteiger partial charge < -0.3 is 31.2 Å². The Bertz CT molecular complexity index is 9210. The maximum atomic E-state index is 7.38. The summed E-state index contributed by atoms with van der Waals surface area (Å²) in [7, 11) is 0. The molecule has 16 aromatic carbocycles. The second-order valence-electron chi connectivity index (χ2n) is 47.9. The number of fused-ring (bicyclic) bond motifs is 35. The zero-order valence-corrected chi connectivity index (χ0v) is 82.6. The van der Waals surface area contributed by atoms with E-state index < -0.39 is 0 Å². The van der Waals surface area contributed by atoms with E-state index in [-0.39, 0.29) is 43.3 Å². The van der Waals surface area contributed by atoms with Gasteiger partial charge in [0.2, 0.25) is 0 Å². The van der Waals surface area contributed by atoms with Crippen molar-refractivity contribution in [1.29, 1.82) is 0 Å². The first kappa shape index (κ1) is 83.0. The van der Waals surface area contributed by atoms with Gasteiger partial charge in [0.25, 0.3) is 0 Å². The van der Waals surface area contributed by atoms with Gasteiger partial charge in [-0.05, 0) is 258 Å². The Morgan fingerprint density at radius 1 is 0.156 bits per heavy atom. The maximum absolute atomic E-state index is 7.38. The summed E-state index contributed by atoms with van der Waals surface area (Å²) < 4.78 is 22.3. The summed E-state index contributed by atoms with van der Waals surface area (Å²) in [6, 6.07) is 107. The van der Waals surface area contributed by atoms with E-state index in [0.29, 0.717) is 0 Å². The van der Waals surface area contributed by atoms with Gasteiger partial charge in [-0.2, -0.15) is 0 Å². The number of hydrogen-bond donors (Lipinski definition) is 0. The van der Waals surface area contributed by atoms with Gasteiger partial charge >= 0.3 is 0 Å². The van der Waals surface area contributed by atoms with E-state index in [2.05, 4.69) is 472 Å². The summed E-state index contributed by atoms with van der Waals surface area (Å²) in [5.41, 5.74) is 35.9. The third-order valence-electron chi connectivity index (χ3n) is 30.9. The Kier molecular flexibility index (Phi) is 16.9. The van der Waals surface area contributed by atoms with Crippen LogP contribution < -0.4 is 0 Å². The van der Waals surface area contributed by atoms with Crippen LogP contribution in [0.15, 0.2) is 283 Å². The Morgan fingerprint density at radius 3 is 0.637 bits per heavy atom. The number of aromatic nitrogens is 6. The Hall–Kier alpha value is -13.9. The van der Waals surface area contributed by atoms with E-state index in [9.17, 15) is 0 Å². The lowest BCUT2D eigenvalue weighted by Gasteiger charge is -2.20. The van der Waals surface area contributed by atoms with Crippen LogP contribution in [0.4, 0.5) is 0 Å². The van der Waals surface area contributed by atoms with Crippen molar-refractivity contribution in [3.05, 3.63) is 324 Å². The minimum Gasteiger partial charge on any atom is -0.455 e. The Morgan fingerprint density at radius 2 is 0.348 bits per heavy atom. The van der Waals surface area contributed by atoms with Crippen molar-refractivity contribution in [1.82, 2.24) is 26.7 Å². The molecule has 0 atom stereocenters. The lowest BCUT2D eigenvalue weighted by atomic mass is 9.84. The fourth-order valence-electron chi connectivity index (χ4n) is 23.3. The molecule has 0 unspecified atom stereocenters. The molecule has 27 rings (SSSR count). The smallest absolute Gasteiger partial charge is 0.145 e. The fraction of sp³-hybridized carbons (Fsp3) is 0.250. The molecule has 0 saturated carbocycles. The molecule has 11 aromatic heterocycles. The molecule has 135 heavy (non-hydrogen) atoms. The van der Waals surface area contributed by atoms with Gasteiger partial charge in [-0.25, -0.2) is 0 Å². The van der Waals surface area contributed by atoms with Gasteiger partial charge in [0.05, 0.1) is 99.0 Å². The minimum absolute atomic E-state index is 0.0144. The molecule has 27 aromatic rings. The van der Waals surface area contributed by atoms with Gasteiger partial charge in [-0.15, -0.1) is 0 Å². The second kappa shape index (κ2) is 27.5. The predicted octanol–water partition coefficient (Wildman–Crippen LogP) is 36.1. The van der Waals surface area contributed by atoms with Gasteiger partial charge in [-0.1, -0.05) is 275 Å². The van der Waals surface area contributed by atoms with Crippen molar-refractivity contribution in [2.75, 3.05) is 0 Å². The zero-order chi connectivity index (χ0) is 93.6. The van der Waals surface area contributed by atoms with Crippen LogP contribution in [-0.2, 0) is 43.3 Å².